The van der Waals surface area contributed by atoms with Crippen LogP contribution in [-0.2, 0) is 40.2 Å². The van der Waals surface area contributed by atoms with Crippen molar-refractivity contribution < 1.29 is 45.8 Å². The molecule has 1 aliphatic rings. The molecule has 0 radical (unpaired) electrons. The molecule has 4 rings (SSSR count). The van der Waals surface area contributed by atoms with E-state index in [0.717, 1.165) is 28.1 Å². The Morgan fingerprint density at radius 1 is 1.08 bits per heavy atom. The Labute approximate surface area is 213 Å². The average Bonchev–Trinajstić information content (AvgIpc) is 3.12. The first-order chi connectivity index (χ1) is 17.9. The number of ether oxygens (including phenoxy) is 1. The number of nitrogens with zero attached hydrogens (tertiary/aromatic N) is 2. The third-order valence-electron chi connectivity index (χ3n) is 5.76. The van der Waals surface area contributed by atoms with Gasteiger partial charge >= 0.3 is 12.1 Å². The number of rotatable bonds is 5. The van der Waals surface area contributed by atoms with Gasteiger partial charge in [-0.25, -0.2) is 18.0 Å². The zero-order chi connectivity index (χ0) is 28.0. The Bertz CT molecular complexity index is 1290. The highest BCUT2D eigenvalue weighted by Gasteiger charge is 2.38. The van der Waals surface area contributed by atoms with E-state index < -0.39 is 47.5 Å². The number of carbonyl (C=O) groups excluding carboxylic acids is 1. The molecule has 0 fully saturated rings. The van der Waals surface area contributed by atoms with E-state index in [2.05, 4.69) is 10.2 Å². The number of benzene rings is 2. The molecule has 3 aromatic rings. The van der Waals surface area contributed by atoms with Crippen LogP contribution in [0.15, 0.2) is 36.4 Å². The fraction of sp³-hybridized carbons (Fsp3) is 0.320. The lowest BCUT2D eigenvalue weighted by Gasteiger charge is -2.20. The molecule has 0 saturated carbocycles. The van der Waals surface area contributed by atoms with Gasteiger partial charge in [-0.05, 0) is 18.1 Å². The lowest BCUT2D eigenvalue weighted by atomic mass is 10.0. The van der Waals surface area contributed by atoms with E-state index in [0.29, 0.717) is 44.7 Å². The van der Waals surface area contributed by atoms with Gasteiger partial charge in [-0.15, -0.1) is 0 Å². The number of halogens is 6. The van der Waals surface area contributed by atoms with Crippen molar-refractivity contribution in [2.24, 2.45) is 0 Å². The predicted molar refractivity (Wildman–Crippen MR) is 122 cm³/mol. The van der Waals surface area contributed by atoms with Crippen LogP contribution in [0.2, 0.25) is 0 Å². The normalized spacial score (nSPS) is 13.3. The van der Waals surface area contributed by atoms with E-state index in [1.54, 1.807) is 12.0 Å². The summed E-state index contributed by atoms with van der Waals surface area (Å²) in [6.07, 6.45) is -4.41. The number of carboxylic acids is 1. The molecule has 13 heteroatoms. The maximum Gasteiger partial charge on any atom is 0.490 e. The summed E-state index contributed by atoms with van der Waals surface area (Å²) in [7, 11) is 1.64. The number of hydrogen-bond donors (Lipinski definition) is 2. The Morgan fingerprint density at radius 3 is 2.32 bits per heavy atom. The lowest BCUT2D eigenvalue weighted by Crippen LogP contribution is -2.35. The van der Waals surface area contributed by atoms with Gasteiger partial charge in [0.05, 0.1) is 18.7 Å². The highest BCUT2D eigenvalue weighted by Crippen LogP contribution is 2.28. The number of H-pyrrole nitrogens is 1. The smallest absolute Gasteiger partial charge is 0.475 e. The first-order valence-electron chi connectivity index (χ1n) is 11.3. The van der Waals surface area contributed by atoms with Crippen LogP contribution in [0.1, 0.15) is 22.4 Å². The van der Waals surface area contributed by atoms with Crippen molar-refractivity contribution in [1.29, 1.82) is 0 Å². The van der Waals surface area contributed by atoms with Gasteiger partial charge < -0.3 is 14.7 Å². The summed E-state index contributed by atoms with van der Waals surface area (Å²) in [6, 6.07) is 9.11. The molecular weight excluding hydrogens is 520 g/mol. The third kappa shape index (κ3) is 7.12. The summed E-state index contributed by atoms with van der Waals surface area (Å²) in [5.41, 5.74) is 4.39. The van der Waals surface area contributed by atoms with Crippen molar-refractivity contribution in [2.75, 3.05) is 20.2 Å². The maximum absolute atomic E-state index is 13.9. The number of carbonyl (C=O) groups is 2. The zero-order valence-electron chi connectivity index (χ0n) is 20.0. The SMILES string of the molecule is COCc1cccc(-c2n[nH]c3c2CCN(C(=O)Cc2c(F)cc(F)cc2F)CC3)c1.O=C(O)C(F)(F)F. The first kappa shape index (κ1) is 28.7. The fourth-order valence-corrected chi connectivity index (χ4v) is 3.95. The minimum atomic E-state index is -5.08. The molecule has 1 amide bonds. The molecule has 0 saturated heterocycles. The summed E-state index contributed by atoms with van der Waals surface area (Å²) < 4.78 is 77.9. The van der Waals surface area contributed by atoms with E-state index in [-0.39, 0.29) is 0 Å². The van der Waals surface area contributed by atoms with Gasteiger partial charge in [0, 0.05) is 61.1 Å². The van der Waals surface area contributed by atoms with Gasteiger partial charge in [-0.1, -0.05) is 18.2 Å². The standard InChI is InChI=1S/C23H22F3N3O2.C2HF3O2/c1-31-13-14-3-2-4-15(9-14)23-17-5-7-29(8-6-21(17)27-28-23)22(30)12-18-19(25)10-16(24)11-20(18)26;3-2(4,5)1(6)7/h2-4,9-11H,5-8,12-13H2,1H3,(H,27,28);(H,6,7). The van der Waals surface area contributed by atoms with E-state index in [1.165, 1.54) is 0 Å². The van der Waals surface area contributed by atoms with E-state index in [4.69, 9.17) is 14.6 Å². The quantitative estimate of drug-likeness (QED) is 0.464. The second-order valence-electron chi connectivity index (χ2n) is 8.37. The molecule has 0 bridgehead atoms. The minimum Gasteiger partial charge on any atom is -0.475 e. The summed E-state index contributed by atoms with van der Waals surface area (Å²) in [5.74, 6) is -6.26. The van der Waals surface area contributed by atoms with Gasteiger partial charge in [-0.3, -0.25) is 9.89 Å². The highest BCUT2D eigenvalue weighted by atomic mass is 19.4. The van der Waals surface area contributed by atoms with Gasteiger partial charge in [0.25, 0.3) is 0 Å². The molecule has 2 heterocycles. The van der Waals surface area contributed by atoms with Gasteiger partial charge in [0.2, 0.25) is 5.91 Å². The van der Waals surface area contributed by atoms with Crippen LogP contribution in [0.4, 0.5) is 26.3 Å². The van der Waals surface area contributed by atoms with Crippen LogP contribution in [0.3, 0.4) is 0 Å². The first-order valence-corrected chi connectivity index (χ1v) is 11.3. The molecule has 2 aromatic carbocycles. The van der Waals surface area contributed by atoms with E-state index >= 15 is 0 Å². The number of carboxylic acid groups (broad SMARTS) is 1. The van der Waals surface area contributed by atoms with Crippen LogP contribution < -0.4 is 0 Å². The van der Waals surface area contributed by atoms with Crippen molar-refractivity contribution in [3.8, 4) is 11.3 Å². The minimum absolute atomic E-state index is 0.397. The molecule has 1 aromatic heterocycles. The third-order valence-corrected chi connectivity index (χ3v) is 5.76. The van der Waals surface area contributed by atoms with Crippen LogP contribution in [0.25, 0.3) is 11.3 Å². The Balaban J connectivity index is 0.000000505. The molecule has 7 nitrogen and oxygen atoms in total. The van der Waals surface area contributed by atoms with E-state index in [9.17, 15) is 31.1 Å². The number of alkyl halides is 3. The molecule has 0 spiro atoms. The summed E-state index contributed by atoms with van der Waals surface area (Å²) in [4.78, 5) is 23.2. The topological polar surface area (TPSA) is 95.5 Å². The van der Waals surface area contributed by atoms with Gasteiger partial charge in [0.15, 0.2) is 0 Å². The number of methoxy groups -OCH3 is 1. The molecule has 1 aliphatic heterocycles. The highest BCUT2D eigenvalue weighted by molar-refractivity contribution is 5.79. The molecule has 2 N–H and O–H groups in total. The number of amides is 1. The second kappa shape index (κ2) is 12.1. The fourth-order valence-electron chi connectivity index (χ4n) is 3.95. The zero-order valence-corrected chi connectivity index (χ0v) is 20.0. The molecular formula is C25H23F6N3O4. The predicted octanol–water partition coefficient (Wildman–Crippen LogP) is 4.44. The Hall–Kier alpha value is -3.87. The van der Waals surface area contributed by atoms with Crippen molar-refractivity contribution in [3.05, 3.63) is 76.2 Å². The van der Waals surface area contributed by atoms with Crippen molar-refractivity contribution >= 4 is 11.9 Å². The Kier molecular flexibility index (Phi) is 9.15. The molecule has 0 atom stereocenters. The van der Waals surface area contributed by atoms with Crippen LogP contribution >= 0.6 is 0 Å². The maximum atomic E-state index is 13.9. The average molecular weight is 543 g/mol. The number of hydrogen-bond acceptors (Lipinski definition) is 4. The molecule has 0 aliphatic carbocycles. The lowest BCUT2D eigenvalue weighted by molar-refractivity contribution is -0.192. The molecule has 38 heavy (non-hydrogen) atoms. The van der Waals surface area contributed by atoms with E-state index in [1.807, 2.05) is 24.3 Å². The van der Waals surface area contributed by atoms with Crippen LogP contribution in [0, 0.1) is 17.5 Å². The number of fused-ring (bicyclic) bond motifs is 1. The molecule has 204 valence electrons. The second-order valence-corrected chi connectivity index (χ2v) is 8.37. The van der Waals surface area contributed by atoms with Crippen LogP contribution in [0.5, 0.6) is 0 Å². The number of aromatic amines is 1. The largest absolute Gasteiger partial charge is 0.490 e. The Morgan fingerprint density at radius 2 is 1.71 bits per heavy atom. The summed E-state index contributed by atoms with van der Waals surface area (Å²) in [5, 5.41) is 14.7. The van der Waals surface area contributed by atoms with Crippen LogP contribution in [-0.4, -0.2) is 58.5 Å². The molecule has 0 unspecified atom stereocenters. The van der Waals surface area contributed by atoms with Crippen molar-refractivity contribution in [3.63, 3.8) is 0 Å². The summed E-state index contributed by atoms with van der Waals surface area (Å²) in [6.45, 7) is 1.31. The van der Waals surface area contributed by atoms with Gasteiger partial charge in [0.1, 0.15) is 17.5 Å². The van der Waals surface area contributed by atoms with Gasteiger partial charge in [-0.2, -0.15) is 18.3 Å². The monoisotopic (exact) mass is 543 g/mol. The number of nitrogens with one attached hydrogen (secondary N) is 1. The van der Waals surface area contributed by atoms with Crippen molar-refractivity contribution in [1.82, 2.24) is 15.1 Å². The number of aliphatic carboxylic acids is 1. The number of aromatic nitrogens is 2. The summed E-state index contributed by atoms with van der Waals surface area (Å²) >= 11 is 0. The van der Waals surface area contributed by atoms with Crippen molar-refractivity contribution in [2.45, 2.75) is 32.0 Å².